The van der Waals surface area contributed by atoms with Crippen molar-refractivity contribution in [1.29, 1.82) is 0 Å². The lowest BCUT2D eigenvalue weighted by molar-refractivity contribution is -0.113. The summed E-state index contributed by atoms with van der Waals surface area (Å²) in [5.74, 6) is -1.32. The largest absolute Gasteiger partial charge is 0.378 e. The summed E-state index contributed by atoms with van der Waals surface area (Å²) >= 11 is 1.17. The smallest absolute Gasteiger partial charge is 0.234 e. The summed E-state index contributed by atoms with van der Waals surface area (Å²) in [6, 6.07) is 10.9. The highest BCUT2D eigenvalue weighted by Crippen LogP contribution is 2.27. The fourth-order valence-electron chi connectivity index (χ4n) is 2.73. The van der Waals surface area contributed by atoms with Gasteiger partial charge in [0.15, 0.2) is 11.0 Å². The molecule has 0 aliphatic rings. The Hall–Kier alpha value is -3.20. The molecule has 0 saturated carbocycles. The first-order valence-electron chi connectivity index (χ1n) is 9.08. The van der Waals surface area contributed by atoms with Gasteiger partial charge in [-0.15, -0.1) is 16.8 Å². The SMILES string of the molecule is C=CCn1c(SCC(=O)Nc2ccc(F)cc2F)nnc1-c1cccc(N(C)C)c1. The summed E-state index contributed by atoms with van der Waals surface area (Å²) in [4.78, 5) is 14.2. The van der Waals surface area contributed by atoms with Crippen molar-refractivity contribution in [2.75, 3.05) is 30.1 Å². The van der Waals surface area contributed by atoms with Crippen molar-refractivity contribution < 1.29 is 13.6 Å². The third kappa shape index (κ3) is 5.04. The van der Waals surface area contributed by atoms with Crippen LogP contribution in [0.2, 0.25) is 0 Å². The molecule has 1 amide bonds. The summed E-state index contributed by atoms with van der Waals surface area (Å²) in [7, 11) is 3.91. The lowest BCUT2D eigenvalue weighted by Crippen LogP contribution is -2.15. The van der Waals surface area contributed by atoms with Crippen molar-refractivity contribution in [3.63, 3.8) is 0 Å². The minimum atomic E-state index is -0.828. The fraction of sp³-hybridized carbons (Fsp3) is 0.190. The number of benzene rings is 2. The minimum Gasteiger partial charge on any atom is -0.378 e. The number of hydrogen-bond donors (Lipinski definition) is 1. The van der Waals surface area contributed by atoms with Crippen LogP contribution in [0.15, 0.2) is 60.3 Å². The Kier molecular flexibility index (Phi) is 6.83. The zero-order valence-electron chi connectivity index (χ0n) is 16.6. The number of carbonyl (C=O) groups excluding carboxylic acids is 1. The maximum absolute atomic E-state index is 13.7. The number of amides is 1. The van der Waals surface area contributed by atoms with E-state index in [4.69, 9.17) is 0 Å². The van der Waals surface area contributed by atoms with E-state index in [0.717, 1.165) is 23.4 Å². The molecule has 0 unspecified atom stereocenters. The Bertz CT molecular complexity index is 1070. The van der Waals surface area contributed by atoms with E-state index in [1.54, 1.807) is 6.08 Å². The summed E-state index contributed by atoms with van der Waals surface area (Å²) in [6.07, 6.45) is 1.72. The molecule has 3 rings (SSSR count). The van der Waals surface area contributed by atoms with Crippen LogP contribution in [0.3, 0.4) is 0 Å². The van der Waals surface area contributed by atoms with E-state index in [1.165, 1.54) is 17.8 Å². The van der Waals surface area contributed by atoms with Crippen molar-refractivity contribution in [1.82, 2.24) is 14.8 Å². The zero-order chi connectivity index (χ0) is 21.7. The zero-order valence-corrected chi connectivity index (χ0v) is 17.4. The standard InChI is InChI=1S/C21H21F2N5OS/c1-4-10-28-20(14-6-5-7-16(11-14)27(2)3)25-26-21(28)30-13-19(29)24-18-9-8-15(22)12-17(18)23/h4-9,11-12H,1,10,13H2,2-3H3,(H,24,29). The van der Waals surface area contributed by atoms with Gasteiger partial charge in [0.05, 0.1) is 11.4 Å². The summed E-state index contributed by atoms with van der Waals surface area (Å²) in [5, 5.41) is 11.5. The van der Waals surface area contributed by atoms with E-state index in [-0.39, 0.29) is 11.4 Å². The molecule has 30 heavy (non-hydrogen) atoms. The summed E-state index contributed by atoms with van der Waals surface area (Å²) in [6.45, 7) is 4.24. The van der Waals surface area contributed by atoms with Crippen LogP contribution in [0.4, 0.5) is 20.2 Å². The highest BCUT2D eigenvalue weighted by Gasteiger charge is 2.16. The fourth-order valence-corrected chi connectivity index (χ4v) is 3.48. The highest BCUT2D eigenvalue weighted by molar-refractivity contribution is 7.99. The normalized spacial score (nSPS) is 10.7. The summed E-state index contributed by atoms with van der Waals surface area (Å²) < 4.78 is 28.6. The molecule has 0 aliphatic heterocycles. The van der Waals surface area contributed by atoms with Crippen LogP contribution in [0.25, 0.3) is 11.4 Å². The first-order chi connectivity index (χ1) is 14.4. The van der Waals surface area contributed by atoms with Gasteiger partial charge in [-0.2, -0.15) is 0 Å². The molecule has 0 bridgehead atoms. The predicted octanol–water partition coefficient (Wildman–Crippen LogP) is 4.21. The maximum Gasteiger partial charge on any atom is 0.234 e. The van der Waals surface area contributed by atoms with Gasteiger partial charge in [-0.3, -0.25) is 9.36 Å². The van der Waals surface area contributed by atoms with E-state index in [1.807, 2.05) is 47.8 Å². The number of halogens is 2. The molecular formula is C21H21F2N5OS. The molecule has 1 aromatic heterocycles. The van der Waals surface area contributed by atoms with Gasteiger partial charge >= 0.3 is 0 Å². The number of nitrogens with zero attached hydrogens (tertiary/aromatic N) is 4. The number of allylic oxidation sites excluding steroid dienone is 1. The van der Waals surface area contributed by atoms with Gasteiger partial charge in [0.1, 0.15) is 11.6 Å². The van der Waals surface area contributed by atoms with Crippen LogP contribution >= 0.6 is 11.8 Å². The predicted molar refractivity (Wildman–Crippen MR) is 116 cm³/mol. The first-order valence-corrected chi connectivity index (χ1v) is 10.1. The van der Waals surface area contributed by atoms with Gasteiger partial charge in [0, 0.05) is 38.0 Å². The maximum atomic E-state index is 13.7. The number of hydrogen-bond acceptors (Lipinski definition) is 5. The molecule has 3 aromatic rings. The van der Waals surface area contributed by atoms with Gasteiger partial charge in [0.2, 0.25) is 5.91 Å². The van der Waals surface area contributed by atoms with E-state index in [9.17, 15) is 13.6 Å². The lowest BCUT2D eigenvalue weighted by atomic mass is 10.2. The Morgan fingerprint density at radius 3 is 2.73 bits per heavy atom. The van der Waals surface area contributed by atoms with Gasteiger partial charge in [0.25, 0.3) is 0 Å². The van der Waals surface area contributed by atoms with Gasteiger partial charge in [-0.1, -0.05) is 30.0 Å². The summed E-state index contributed by atoms with van der Waals surface area (Å²) in [5.41, 5.74) is 1.84. The molecule has 9 heteroatoms. The number of anilines is 2. The highest BCUT2D eigenvalue weighted by atomic mass is 32.2. The second-order valence-corrected chi connectivity index (χ2v) is 7.55. The van der Waals surface area contributed by atoms with Gasteiger partial charge in [-0.05, 0) is 24.3 Å². The lowest BCUT2D eigenvalue weighted by Gasteiger charge is -2.14. The van der Waals surface area contributed by atoms with Crippen molar-refractivity contribution in [3.8, 4) is 11.4 Å². The number of thioether (sulfide) groups is 1. The molecule has 0 spiro atoms. The Morgan fingerprint density at radius 2 is 2.03 bits per heavy atom. The van der Waals surface area contributed by atoms with Crippen LogP contribution in [-0.4, -0.2) is 40.5 Å². The number of carbonyl (C=O) groups is 1. The van der Waals surface area contributed by atoms with Crippen LogP contribution in [0, 0.1) is 11.6 Å². The molecule has 0 aliphatic carbocycles. The number of nitrogens with one attached hydrogen (secondary N) is 1. The molecule has 0 fully saturated rings. The minimum absolute atomic E-state index is 0.0101. The van der Waals surface area contributed by atoms with E-state index < -0.39 is 17.5 Å². The molecule has 0 radical (unpaired) electrons. The molecule has 0 saturated heterocycles. The van der Waals surface area contributed by atoms with E-state index in [0.29, 0.717) is 17.5 Å². The molecule has 156 valence electrons. The van der Waals surface area contributed by atoms with E-state index >= 15 is 0 Å². The second kappa shape index (κ2) is 9.53. The van der Waals surface area contributed by atoms with Crippen LogP contribution in [0.1, 0.15) is 0 Å². The molecule has 2 aromatic carbocycles. The van der Waals surface area contributed by atoms with Crippen molar-refractivity contribution >= 4 is 29.0 Å². The Balaban J connectivity index is 1.76. The van der Waals surface area contributed by atoms with Crippen molar-refractivity contribution in [2.24, 2.45) is 0 Å². The first kappa shape index (κ1) is 21.5. The Labute approximate surface area is 177 Å². The molecule has 0 atom stereocenters. The Morgan fingerprint density at radius 1 is 1.23 bits per heavy atom. The monoisotopic (exact) mass is 429 g/mol. The van der Waals surface area contributed by atoms with Crippen LogP contribution in [0.5, 0.6) is 0 Å². The van der Waals surface area contributed by atoms with Crippen LogP contribution < -0.4 is 10.2 Å². The molecule has 1 heterocycles. The third-order valence-electron chi connectivity index (χ3n) is 4.19. The molecule has 1 N–H and O–H groups in total. The van der Waals surface area contributed by atoms with Gasteiger partial charge < -0.3 is 10.2 Å². The number of aromatic nitrogens is 3. The topological polar surface area (TPSA) is 63.1 Å². The molecule has 6 nitrogen and oxygen atoms in total. The van der Waals surface area contributed by atoms with Crippen LogP contribution in [-0.2, 0) is 11.3 Å². The average molecular weight is 429 g/mol. The van der Waals surface area contributed by atoms with E-state index in [2.05, 4.69) is 22.1 Å². The second-order valence-electron chi connectivity index (χ2n) is 6.61. The van der Waals surface area contributed by atoms with Crippen molar-refractivity contribution in [2.45, 2.75) is 11.7 Å². The molecular weight excluding hydrogens is 408 g/mol. The number of rotatable bonds is 8. The quantitative estimate of drug-likeness (QED) is 0.429. The third-order valence-corrected chi connectivity index (χ3v) is 5.15. The van der Waals surface area contributed by atoms with Gasteiger partial charge in [-0.25, -0.2) is 8.78 Å². The van der Waals surface area contributed by atoms with Crippen molar-refractivity contribution in [3.05, 3.63) is 66.8 Å². The average Bonchev–Trinajstić information content (AvgIpc) is 3.11.